The van der Waals surface area contributed by atoms with Crippen molar-refractivity contribution < 1.29 is 15.0 Å². The van der Waals surface area contributed by atoms with E-state index in [0.29, 0.717) is 0 Å². The molecular formula is C10H12ClNO3. The van der Waals surface area contributed by atoms with Crippen molar-refractivity contribution in [1.29, 1.82) is 0 Å². The number of aromatic carboxylic acids is 1. The first-order valence-electron chi connectivity index (χ1n) is 4.48. The lowest BCUT2D eigenvalue weighted by Crippen LogP contribution is -2.34. The molecular weight excluding hydrogens is 218 g/mol. The van der Waals surface area contributed by atoms with Crippen molar-refractivity contribution in [3.05, 3.63) is 29.3 Å². The van der Waals surface area contributed by atoms with Crippen LogP contribution >= 0.6 is 12.4 Å². The lowest BCUT2D eigenvalue weighted by Gasteiger charge is -2.28. The van der Waals surface area contributed by atoms with Gasteiger partial charge in [-0.2, -0.15) is 0 Å². The zero-order valence-corrected chi connectivity index (χ0v) is 8.75. The number of hydrogen-bond donors (Lipinski definition) is 3. The number of carbonyl (C=O) groups is 1. The van der Waals surface area contributed by atoms with Crippen molar-refractivity contribution in [2.75, 3.05) is 6.54 Å². The molecule has 15 heavy (non-hydrogen) atoms. The second-order valence-electron chi connectivity index (χ2n) is 3.38. The number of aromatic hydroxyl groups is 1. The van der Waals surface area contributed by atoms with Gasteiger partial charge in [-0.25, -0.2) is 4.79 Å². The quantitative estimate of drug-likeness (QED) is 0.720. The summed E-state index contributed by atoms with van der Waals surface area (Å²) >= 11 is 0. The van der Waals surface area contributed by atoms with Crippen molar-refractivity contribution in [3.8, 4) is 5.75 Å². The number of rotatable bonds is 2. The third-order valence-electron chi connectivity index (χ3n) is 2.48. The Morgan fingerprint density at radius 1 is 1.47 bits per heavy atom. The number of phenols is 1. The second kappa shape index (κ2) is 4.51. The Morgan fingerprint density at radius 3 is 2.60 bits per heavy atom. The van der Waals surface area contributed by atoms with Gasteiger partial charge in [-0.15, -0.1) is 12.4 Å². The molecule has 2 rings (SSSR count). The standard InChI is InChI=1S/C10H11NO3.ClH/c12-9-2-1-6(8-3-4-11-8)5-7(9)10(13)14;/h1-2,5,8,11-12H,3-4H2,(H,13,14);1H/t8-;/m0./s1. The molecule has 82 valence electrons. The van der Waals surface area contributed by atoms with Crippen molar-refractivity contribution in [3.63, 3.8) is 0 Å². The first-order valence-corrected chi connectivity index (χ1v) is 4.48. The summed E-state index contributed by atoms with van der Waals surface area (Å²) in [7, 11) is 0. The van der Waals surface area contributed by atoms with E-state index in [1.807, 2.05) is 0 Å². The average Bonchev–Trinajstić information content (AvgIpc) is 2.04. The predicted molar refractivity (Wildman–Crippen MR) is 57.7 cm³/mol. The lowest BCUT2D eigenvalue weighted by atomic mass is 9.96. The van der Waals surface area contributed by atoms with Crippen LogP contribution in [0.25, 0.3) is 0 Å². The van der Waals surface area contributed by atoms with Gasteiger partial charge in [0.05, 0.1) is 0 Å². The summed E-state index contributed by atoms with van der Waals surface area (Å²) in [6.45, 7) is 0.966. The van der Waals surface area contributed by atoms with Gasteiger partial charge in [0.2, 0.25) is 0 Å². The van der Waals surface area contributed by atoms with Crippen LogP contribution in [0.2, 0.25) is 0 Å². The van der Waals surface area contributed by atoms with Crippen LogP contribution in [-0.4, -0.2) is 22.7 Å². The van der Waals surface area contributed by atoms with Crippen LogP contribution in [0.15, 0.2) is 18.2 Å². The van der Waals surface area contributed by atoms with Crippen molar-refractivity contribution >= 4 is 18.4 Å². The molecule has 0 unspecified atom stereocenters. The molecule has 0 spiro atoms. The summed E-state index contributed by atoms with van der Waals surface area (Å²) < 4.78 is 0. The Bertz CT molecular complexity index is 377. The van der Waals surface area contributed by atoms with E-state index in [4.69, 9.17) is 5.11 Å². The van der Waals surface area contributed by atoms with E-state index < -0.39 is 5.97 Å². The number of nitrogens with one attached hydrogen (secondary N) is 1. The number of carboxylic acids is 1. The maximum absolute atomic E-state index is 10.7. The fourth-order valence-corrected chi connectivity index (χ4v) is 1.51. The van der Waals surface area contributed by atoms with Crippen LogP contribution in [-0.2, 0) is 0 Å². The summed E-state index contributed by atoms with van der Waals surface area (Å²) in [6.07, 6.45) is 1.02. The van der Waals surface area contributed by atoms with Crippen LogP contribution in [0.5, 0.6) is 5.75 Å². The van der Waals surface area contributed by atoms with Crippen molar-refractivity contribution in [2.24, 2.45) is 0 Å². The van der Waals surface area contributed by atoms with Crippen LogP contribution in [0.3, 0.4) is 0 Å². The van der Waals surface area contributed by atoms with Gasteiger partial charge >= 0.3 is 5.97 Å². The Labute approximate surface area is 93.3 Å². The maximum atomic E-state index is 10.7. The van der Waals surface area contributed by atoms with Gasteiger partial charge < -0.3 is 15.5 Å². The summed E-state index contributed by atoms with van der Waals surface area (Å²) in [5.74, 6) is -1.27. The second-order valence-corrected chi connectivity index (χ2v) is 3.38. The summed E-state index contributed by atoms with van der Waals surface area (Å²) in [4.78, 5) is 10.7. The highest BCUT2D eigenvalue weighted by molar-refractivity contribution is 5.91. The van der Waals surface area contributed by atoms with Gasteiger partial charge in [0.25, 0.3) is 0 Å². The molecule has 0 amide bonds. The van der Waals surface area contributed by atoms with E-state index in [2.05, 4.69) is 5.32 Å². The monoisotopic (exact) mass is 229 g/mol. The highest BCUT2D eigenvalue weighted by Gasteiger charge is 2.20. The largest absolute Gasteiger partial charge is 0.507 e. The van der Waals surface area contributed by atoms with Gasteiger partial charge in [-0.05, 0) is 30.7 Å². The number of benzene rings is 1. The lowest BCUT2D eigenvalue weighted by molar-refractivity contribution is 0.0693. The van der Waals surface area contributed by atoms with Crippen LogP contribution in [0.4, 0.5) is 0 Å². The predicted octanol–water partition coefficient (Wildman–Crippen LogP) is 1.55. The Hall–Kier alpha value is -1.26. The minimum atomic E-state index is -1.09. The molecule has 3 N–H and O–H groups in total. The number of carboxylic acid groups (broad SMARTS) is 1. The van der Waals surface area contributed by atoms with Crippen molar-refractivity contribution in [1.82, 2.24) is 5.32 Å². The highest BCUT2D eigenvalue weighted by atomic mass is 35.5. The topological polar surface area (TPSA) is 69.6 Å². The molecule has 0 aliphatic carbocycles. The molecule has 1 heterocycles. The molecule has 0 bridgehead atoms. The first-order chi connectivity index (χ1) is 6.68. The molecule has 4 nitrogen and oxygen atoms in total. The molecule has 1 saturated heterocycles. The van der Waals surface area contributed by atoms with Gasteiger partial charge in [-0.1, -0.05) is 6.07 Å². The molecule has 1 aromatic rings. The Balaban J connectivity index is 0.00000112. The Morgan fingerprint density at radius 2 is 2.13 bits per heavy atom. The highest BCUT2D eigenvalue weighted by Crippen LogP contribution is 2.27. The van der Waals surface area contributed by atoms with Crippen LogP contribution < -0.4 is 5.32 Å². The molecule has 1 atom stereocenters. The maximum Gasteiger partial charge on any atom is 0.339 e. The minimum absolute atomic E-state index is 0. The fraction of sp³-hybridized carbons (Fsp3) is 0.300. The molecule has 1 aromatic carbocycles. The van der Waals surface area contributed by atoms with E-state index >= 15 is 0 Å². The van der Waals surface area contributed by atoms with Gasteiger partial charge in [-0.3, -0.25) is 0 Å². The van der Waals surface area contributed by atoms with Gasteiger partial charge in [0.15, 0.2) is 0 Å². The molecule has 0 aromatic heterocycles. The number of hydrogen-bond acceptors (Lipinski definition) is 3. The van der Waals surface area contributed by atoms with Gasteiger partial charge in [0.1, 0.15) is 11.3 Å². The SMILES string of the molecule is Cl.O=C(O)c1cc([C@@H]2CCN2)ccc1O. The fourth-order valence-electron chi connectivity index (χ4n) is 1.51. The number of halogens is 1. The molecule has 5 heteroatoms. The van der Waals surface area contributed by atoms with E-state index in [1.54, 1.807) is 6.07 Å². The molecule has 0 saturated carbocycles. The minimum Gasteiger partial charge on any atom is -0.507 e. The molecule has 0 radical (unpaired) electrons. The zero-order chi connectivity index (χ0) is 10.1. The third kappa shape index (κ3) is 2.22. The smallest absolute Gasteiger partial charge is 0.339 e. The van der Waals surface area contributed by atoms with Crippen LogP contribution in [0, 0.1) is 0 Å². The summed E-state index contributed by atoms with van der Waals surface area (Å²) in [6, 6.07) is 4.94. The van der Waals surface area contributed by atoms with Crippen molar-refractivity contribution in [2.45, 2.75) is 12.5 Å². The average molecular weight is 230 g/mol. The molecule has 1 aliphatic heterocycles. The third-order valence-corrected chi connectivity index (χ3v) is 2.48. The zero-order valence-electron chi connectivity index (χ0n) is 7.93. The van der Waals surface area contributed by atoms with E-state index in [0.717, 1.165) is 18.5 Å². The van der Waals surface area contributed by atoms with E-state index in [9.17, 15) is 9.90 Å². The van der Waals surface area contributed by atoms with Gasteiger partial charge in [0, 0.05) is 6.04 Å². The molecule has 1 aliphatic rings. The summed E-state index contributed by atoms with van der Waals surface area (Å²) in [5, 5.41) is 21.2. The summed E-state index contributed by atoms with van der Waals surface area (Å²) in [5.41, 5.74) is 0.891. The Kier molecular flexibility index (Phi) is 3.55. The van der Waals surface area contributed by atoms with Crippen LogP contribution in [0.1, 0.15) is 28.4 Å². The normalized spacial score (nSPS) is 18.8. The molecule has 1 fully saturated rings. The van der Waals surface area contributed by atoms with E-state index in [1.165, 1.54) is 12.1 Å². The first kappa shape index (κ1) is 11.8. The van der Waals surface area contributed by atoms with E-state index in [-0.39, 0.29) is 29.8 Å².